The van der Waals surface area contributed by atoms with Gasteiger partial charge in [-0.2, -0.15) is 0 Å². The van der Waals surface area contributed by atoms with Gasteiger partial charge in [-0.1, -0.05) is 59.6 Å². The Morgan fingerprint density at radius 3 is 2.52 bits per heavy atom. The third-order valence-electron chi connectivity index (χ3n) is 10.2. The highest BCUT2D eigenvalue weighted by molar-refractivity contribution is 6.39. The molecular weight excluding hydrogens is 697 g/mol. The Balaban J connectivity index is 1.10. The Labute approximate surface area is 313 Å². The number of aromatic nitrogens is 3. The highest BCUT2D eigenvalue weighted by Gasteiger charge is 2.23. The summed E-state index contributed by atoms with van der Waals surface area (Å²) in [4.78, 5) is 34.7. The van der Waals surface area contributed by atoms with Gasteiger partial charge >= 0.3 is 0 Å². The first kappa shape index (κ1) is 35.9. The van der Waals surface area contributed by atoms with Crippen LogP contribution in [0.3, 0.4) is 0 Å². The van der Waals surface area contributed by atoms with E-state index in [1.165, 1.54) is 10.9 Å². The van der Waals surface area contributed by atoms with Gasteiger partial charge in [-0.25, -0.2) is 4.98 Å². The van der Waals surface area contributed by atoms with Crippen molar-refractivity contribution in [1.82, 2.24) is 35.4 Å². The molecular formula is C40H43Cl2N7O3. The molecule has 10 nitrogen and oxygen atoms in total. The van der Waals surface area contributed by atoms with Gasteiger partial charge in [0.1, 0.15) is 0 Å². The number of nitrogens with one attached hydrogen (secondary N) is 3. The third kappa shape index (κ3) is 7.52. The number of methoxy groups -OCH3 is 1. The fraction of sp³-hybridized carbons (Fsp3) is 0.350. The summed E-state index contributed by atoms with van der Waals surface area (Å²) < 4.78 is 7.81. The van der Waals surface area contributed by atoms with E-state index >= 15 is 0 Å². The molecule has 1 atom stereocenters. The number of benzene rings is 2. The quantitative estimate of drug-likeness (QED) is 0.137. The minimum absolute atomic E-state index is 0.103. The van der Waals surface area contributed by atoms with Gasteiger partial charge in [0.25, 0.3) is 0 Å². The van der Waals surface area contributed by atoms with Crippen molar-refractivity contribution in [2.75, 3.05) is 26.7 Å². The highest BCUT2D eigenvalue weighted by atomic mass is 35.5. The normalized spacial score (nSPS) is 16.4. The van der Waals surface area contributed by atoms with Crippen LogP contribution >= 0.6 is 23.2 Å². The molecule has 0 aliphatic carbocycles. The number of fused-ring (bicyclic) bond motifs is 1. The zero-order valence-corrected chi connectivity index (χ0v) is 31.2. The Bertz CT molecular complexity index is 2130. The molecule has 2 saturated heterocycles. The van der Waals surface area contributed by atoms with Gasteiger partial charge < -0.3 is 30.2 Å². The predicted molar refractivity (Wildman–Crippen MR) is 206 cm³/mol. The minimum Gasteiger partial charge on any atom is -0.481 e. The van der Waals surface area contributed by atoms with E-state index in [9.17, 15) is 9.59 Å². The first-order valence-electron chi connectivity index (χ1n) is 17.7. The van der Waals surface area contributed by atoms with Crippen molar-refractivity contribution >= 4 is 45.9 Å². The molecule has 2 aliphatic heterocycles. The molecule has 5 aromatic rings. The van der Waals surface area contributed by atoms with Crippen LogP contribution in [0.15, 0.2) is 67.0 Å². The molecule has 2 aliphatic rings. The number of halogens is 2. The number of aryl methyl sites for hydroxylation is 1. The summed E-state index contributed by atoms with van der Waals surface area (Å²) in [6, 6.07) is 18.5. The number of carbonyl (C=O) groups excluding carboxylic acids is 2. The molecule has 3 N–H and O–H groups in total. The second kappa shape index (κ2) is 15.6. The van der Waals surface area contributed by atoms with E-state index in [0.29, 0.717) is 52.9 Å². The second-order valence-corrected chi connectivity index (χ2v) is 14.4. The van der Waals surface area contributed by atoms with E-state index in [2.05, 4.69) is 52.0 Å². The topological polar surface area (TPSA) is 113 Å². The number of likely N-dealkylation sites (tertiary alicyclic amines) is 1. The number of hydrogen-bond acceptors (Lipinski definition) is 7. The van der Waals surface area contributed by atoms with Crippen LogP contribution < -0.4 is 20.7 Å². The number of carbonyl (C=O) groups is 2. The summed E-state index contributed by atoms with van der Waals surface area (Å²) in [6.07, 6.45) is 7.27. The average molecular weight is 741 g/mol. The summed E-state index contributed by atoms with van der Waals surface area (Å²) in [7, 11) is 3.66. The summed E-state index contributed by atoms with van der Waals surface area (Å²) in [5, 5.41) is 12.3. The third-order valence-corrected chi connectivity index (χ3v) is 11.0. The molecule has 0 unspecified atom stereocenters. The number of amides is 2. The fourth-order valence-electron chi connectivity index (χ4n) is 7.34. The van der Waals surface area contributed by atoms with Crippen molar-refractivity contribution < 1.29 is 14.3 Å². The first-order valence-corrected chi connectivity index (χ1v) is 18.5. The Morgan fingerprint density at radius 2 is 1.77 bits per heavy atom. The molecule has 0 bridgehead atoms. The van der Waals surface area contributed by atoms with Crippen molar-refractivity contribution in [2.45, 2.75) is 57.8 Å². The van der Waals surface area contributed by atoms with Crippen molar-refractivity contribution in [1.29, 1.82) is 0 Å². The number of hydrogen-bond donors (Lipinski definition) is 3. The monoisotopic (exact) mass is 739 g/mol. The maximum atomic E-state index is 11.7. The number of nitrogens with zero attached hydrogens (tertiary/aromatic N) is 4. The standard InChI is InChI=1S/C40H43Cl2N7O3/c1-24(50)49-17-14-28(15-18-49)45-21-27-23-48(2)35-19-25(7-10-30(27)35)39-38(42)32(13-16-44-39)31-5-4-6-33(37(31)41)34-11-8-26(40(47-34)52-3)20-43-22-29-9-12-36(51)46-29/h4-8,10-11,13,16,19,23,28-29,43,45H,9,12,14-15,17-18,20-22H2,1-3H3,(H,46,51)/t29-/m0/s1. The Kier molecular flexibility index (Phi) is 10.8. The Hall–Kier alpha value is -4.48. The van der Waals surface area contributed by atoms with E-state index in [4.69, 9.17) is 37.9 Å². The van der Waals surface area contributed by atoms with E-state index in [1.54, 1.807) is 20.2 Å². The molecule has 2 aromatic carbocycles. The van der Waals surface area contributed by atoms with E-state index in [0.717, 1.165) is 72.2 Å². The van der Waals surface area contributed by atoms with Gasteiger partial charge in [-0.3, -0.25) is 14.6 Å². The van der Waals surface area contributed by atoms with Crippen LogP contribution in [0.2, 0.25) is 10.0 Å². The van der Waals surface area contributed by atoms with Gasteiger partial charge in [0.05, 0.1) is 28.5 Å². The van der Waals surface area contributed by atoms with Gasteiger partial charge in [0, 0.05) is 116 Å². The van der Waals surface area contributed by atoms with E-state index in [-0.39, 0.29) is 17.9 Å². The van der Waals surface area contributed by atoms with Crippen LogP contribution in [-0.2, 0) is 29.7 Å². The molecule has 0 saturated carbocycles. The number of piperidine rings is 1. The van der Waals surface area contributed by atoms with Crippen molar-refractivity contribution in [3.63, 3.8) is 0 Å². The number of pyridine rings is 2. The lowest BCUT2D eigenvalue weighted by molar-refractivity contribution is -0.130. The van der Waals surface area contributed by atoms with Crippen molar-refractivity contribution in [3.8, 4) is 39.5 Å². The average Bonchev–Trinajstić information content (AvgIpc) is 3.72. The minimum atomic E-state index is 0.103. The van der Waals surface area contributed by atoms with Crippen LogP contribution in [-0.4, -0.2) is 70.1 Å². The Morgan fingerprint density at radius 1 is 0.981 bits per heavy atom. The van der Waals surface area contributed by atoms with E-state index in [1.807, 2.05) is 41.3 Å². The molecule has 0 radical (unpaired) electrons. The summed E-state index contributed by atoms with van der Waals surface area (Å²) >= 11 is 14.3. The first-order chi connectivity index (χ1) is 25.2. The summed E-state index contributed by atoms with van der Waals surface area (Å²) in [5.41, 5.74) is 7.81. The van der Waals surface area contributed by atoms with Crippen LogP contribution in [0.1, 0.15) is 43.7 Å². The van der Waals surface area contributed by atoms with Gasteiger partial charge in [0.15, 0.2) is 0 Å². The van der Waals surface area contributed by atoms with E-state index < -0.39 is 0 Å². The molecule has 270 valence electrons. The lowest BCUT2D eigenvalue weighted by atomic mass is 9.99. The molecule has 12 heteroatoms. The molecule has 7 rings (SSSR count). The van der Waals surface area contributed by atoms with Crippen LogP contribution in [0.4, 0.5) is 0 Å². The molecule has 2 fully saturated rings. The second-order valence-electron chi connectivity index (χ2n) is 13.6. The lowest BCUT2D eigenvalue weighted by Crippen LogP contribution is -2.43. The predicted octanol–water partition coefficient (Wildman–Crippen LogP) is 6.75. The van der Waals surface area contributed by atoms with Gasteiger partial charge in [-0.05, 0) is 43.0 Å². The molecule has 3 aromatic heterocycles. The number of rotatable bonds is 11. The maximum Gasteiger partial charge on any atom is 0.220 e. The molecule has 52 heavy (non-hydrogen) atoms. The van der Waals surface area contributed by atoms with Gasteiger partial charge in [0.2, 0.25) is 17.7 Å². The fourth-order valence-corrected chi connectivity index (χ4v) is 7.99. The lowest BCUT2D eigenvalue weighted by Gasteiger charge is -2.31. The summed E-state index contributed by atoms with van der Waals surface area (Å²) in [6.45, 7) is 5.24. The smallest absolute Gasteiger partial charge is 0.220 e. The maximum absolute atomic E-state index is 11.7. The van der Waals surface area contributed by atoms with Crippen LogP contribution in [0, 0.1) is 0 Å². The zero-order chi connectivity index (χ0) is 36.4. The van der Waals surface area contributed by atoms with Crippen molar-refractivity contribution in [2.24, 2.45) is 7.05 Å². The summed E-state index contributed by atoms with van der Waals surface area (Å²) in [5.74, 6) is 0.764. The van der Waals surface area contributed by atoms with Crippen molar-refractivity contribution in [3.05, 3.63) is 88.2 Å². The van der Waals surface area contributed by atoms with Gasteiger partial charge in [-0.15, -0.1) is 0 Å². The number of ether oxygens (including phenoxy) is 1. The molecule has 0 spiro atoms. The molecule has 2 amide bonds. The zero-order valence-electron chi connectivity index (χ0n) is 29.6. The largest absolute Gasteiger partial charge is 0.481 e. The SMILES string of the molecule is COc1nc(-c2cccc(-c3ccnc(-c4ccc5c(CNC6CCN(C(C)=O)CC6)cn(C)c5c4)c3Cl)c2Cl)ccc1CNC[C@@H]1CCC(=O)N1. The highest BCUT2D eigenvalue weighted by Crippen LogP contribution is 2.42. The molecule has 5 heterocycles. The van der Waals surface area contributed by atoms with Crippen LogP contribution in [0.5, 0.6) is 5.88 Å². The van der Waals surface area contributed by atoms with Crippen LogP contribution in [0.25, 0.3) is 44.5 Å².